The summed E-state index contributed by atoms with van der Waals surface area (Å²) >= 11 is 0. The summed E-state index contributed by atoms with van der Waals surface area (Å²) in [5.74, 6) is 0.0823. The molecule has 1 amide bonds. The molecule has 2 rings (SSSR count). The molecule has 0 aromatic heterocycles. The number of benzene rings is 1. The van der Waals surface area contributed by atoms with Crippen molar-refractivity contribution in [3.8, 4) is 0 Å². The Kier molecular flexibility index (Phi) is 4.73. The Balaban J connectivity index is 1.78. The van der Waals surface area contributed by atoms with Gasteiger partial charge < -0.3 is 15.7 Å². The van der Waals surface area contributed by atoms with Gasteiger partial charge in [0.05, 0.1) is 12.0 Å². The highest BCUT2D eigenvalue weighted by Gasteiger charge is 2.21. The maximum Gasteiger partial charge on any atom is 0.224 e. The van der Waals surface area contributed by atoms with Crippen molar-refractivity contribution in [2.24, 2.45) is 5.92 Å². The van der Waals surface area contributed by atoms with Gasteiger partial charge in [0, 0.05) is 13.1 Å². The Morgan fingerprint density at radius 2 is 2.22 bits per heavy atom. The summed E-state index contributed by atoms with van der Waals surface area (Å²) in [5.41, 5.74) is 0.833. The third-order valence-corrected chi connectivity index (χ3v) is 3.32. The summed E-state index contributed by atoms with van der Waals surface area (Å²) < 4.78 is 0. The standard InChI is InChI=1S/C14H20N2O2/c17-13(11-5-2-1-3-6-11)10-16-14(18)12-7-4-8-15-9-12/h1-3,5-6,12-13,15,17H,4,7-10H2,(H,16,18)/t12-,13?/m1/s1. The lowest BCUT2D eigenvalue weighted by molar-refractivity contribution is -0.125. The molecule has 0 bridgehead atoms. The molecule has 4 heteroatoms. The van der Waals surface area contributed by atoms with Gasteiger partial charge in [0.25, 0.3) is 0 Å². The van der Waals surface area contributed by atoms with E-state index in [0.717, 1.165) is 31.5 Å². The van der Waals surface area contributed by atoms with E-state index in [-0.39, 0.29) is 18.4 Å². The van der Waals surface area contributed by atoms with Crippen molar-refractivity contribution in [2.45, 2.75) is 18.9 Å². The van der Waals surface area contributed by atoms with E-state index in [2.05, 4.69) is 10.6 Å². The minimum atomic E-state index is -0.633. The number of nitrogens with one attached hydrogen (secondary N) is 2. The van der Waals surface area contributed by atoms with Crippen LogP contribution in [0.25, 0.3) is 0 Å². The number of hydrogen-bond donors (Lipinski definition) is 3. The number of hydrogen-bond acceptors (Lipinski definition) is 3. The third kappa shape index (κ3) is 3.55. The first kappa shape index (κ1) is 13.1. The highest BCUT2D eigenvalue weighted by molar-refractivity contribution is 5.79. The van der Waals surface area contributed by atoms with E-state index in [1.807, 2.05) is 30.3 Å². The summed E-state index contributed by atoms with van der Waals surface area (Å²) in [6.07, 6.45) is 1.34. The number of aliphatic hydroxyl groups is 1. The van der Waals surface area contributed by atoms with E-state index in [1.165, 1.54) is 0 Å². The predicted molar refractivity (Wildman–Crippen MR) is 70.0 cm³/mol. The average Bonchev–Trinajstić information content (AvgIpc) is 2.46. The van der Waals surface area contributed by atoms with Crippen LogP contribution in [0, 0.1) is 5.92 Å². The molecule has 2 atom stereocenters. The number of carbonyl (C=O) groups excluding carboxylic acids is 1. The number of aliphatic hydroxyl groups excluding tert-OH is 1. The first-order chi connectivity index (χ1) is 8.77. The summed E-state index contributed by atoms with van der Waals surface area (Å²) in [6, 6.07) is 9.39. The second-order valence-electron chi connectivity index (χ2n) is 4.71. The second kappa shape index (κ2) is 6.52. The van der Waals surface area contributed by atoms with Gasteiger partial charge in [-0.05, 0) is 24.9 Å². The lowest BCUT2D eigenvalue weighted by Crippen LogP contribution is -2.41. The van der Waals surface area contributed by atoms with Crippen LogP contribution in [0.3, 0.4) is 0 Å². The van der Waals surface area contributed by atoms with Gasteiger partial charge in [-0.1, -0.05) is 30.3 Å². The molecule has 1 aromatic rings. The molecule has 1 heterocycles. The normalized spacial score (nSPS) is 21.3. The Morgan fingerprint density at radius 1 is 1.44 bits per heavy atom. The number of carbonyl (C=O) groups is 1. The molecule has 1 fully saturated rings. The minimum absolute atomic E-state index is 0.0391. The summed E-state index contributed by atoms with van der Waals surface area (Å²) in [5, 5.41) is 16.0. The van der Waals surface area contributed by atoms with Crippen LogP contribution in [-0.4, -0.2) is 30.6 Å². The van der Waals surface area contributed by atoms with Crippen LogP contribution in [0.1, 0.15) is 24.5 Å². The van der Waals surface area contributed by atoms with Crippen molar-refractivity contribution in [2.75, 3.05) is 19.6 Å². The monoisotopic (exact) mass is 248 g/mol. The molecular weight excluding hydrogens is 228 g/mol. The van der Waals surface area contributed by atoms with Crippen molar-refractivity contribution >= 4 is 5.91 Å². The molecular formula is C14H20N2O2. The maximum absolute atomic E-state index is 11.9. The fourth-order valence-corrected chi connectivity index (χ4v) is 2.21. The molecule has 1 unspecified atom stereocenters. The smallest absolute Gasteiger partial charge is 0.224 e. The predicted octanol–water partition coefficient (Wildman–Crippen LogP) is 0.836. The van der Waals surface area contributed by atoms with Crippen molar-refractivity contribution in [3.63, 3.8) is 0 Å². The molecule has 0 saturated carbocycles. The molecule has 4 nitrogen and oxygen atoms in total. The molecule has 1 saturated heterocycles. The number of piperidine rings is 1. The molecule has 1 aromatic carbocycles. The van der Waals surface area contributed by atoms with Crippen molar-refractivity contribution < 1.29 is 9.90 Å². The van der Waals surface area contributed by atoms with Crippen LogP contribution in [0.15, 0.2) is 30.3 Å². The van der Waals surface area contributed by atoms with Crippen LogP contribution in [0.5, 0.6) is 0 Å². The van der Waals surface area contributed by atoms with Gasteiger partial charge in [0.15, 0.2) is 0 Å². The molecule has 0 radical (unpaired) electrons. The van der Waals surface area contributed by atoms with Gasteiger partial charge in [0.2, 0.25) is 5.91 Å². The van der Waals surface area contributed by atoms with E-state index in [1.54, 1.807) is 0 Å². The lowest BCUT2D eigenvalue weighted by Gasteiger charge is -2.22. The Bertz CT molecular complexity index is 375. The number of amides is 1. The Hall–Kier alpha value is -1.39. The van der Waals surface area contributed by atoms with E-state index in [0.29, 0.717) is 0 Å². The van der Waals surface area contributed by atoms with Crippen LogP contribution < -0.4 is 10.6 Å². The van der Waals surface area contributed by atoms with Gasteiger partial charge in [0.1, 0.15) is 0 Å². The largest absolute Gasteiger partial charge is 0.387 e. The molecule has 0 aliphatic carbocycles. The van der Waals surface area contributed by atoms with Crippen molar-refractivity contribution in [1.29, 1.82) is 0 Å². The molecule has 0 spiro atoms. The van der Waals surface area contributed by atoms with Gasteiger partial charge in [-0.2, -0.15) is 0 Å². The van der Waals surface area contributed by atoms with Crippen molar-refractivity contribution in [1.82, 2.24) is 10.6 Å². The molecule has 3 N–H and O–H groups in total. The fourth-order valence-electron chi connectivity index (χ4n) is 2.21. The molecule has 1 aliphatic rings. The van der Waals surface area contributed by atoms with Crippen molar-refractivity contribution in [3.05, 3.63) is 35.9 Å². The highest BCUT2D eigenvalue weighted by Crippen LogP contribution is 2.12. The first-order valence-corrected chi connectivity index (χ1v) is 6.49. The summed E-state index contributed by atoms with van der Waals surface area (Å²) in [7, 11) is 0. The summed E-state index contributed by atoms with van der Waals surface area (Å²) in [4.78, 5) is 11.9. The zero-order valence-electron chi connectivity index (χ0n) is 10.4. The summed E-state index contributed by atoms with van der Waals surface area (Å²) in [6.45, 7) is 2.02. The zero-order valence-corrected chi connectivity index (χ0v) is 10.4. The lowest BCUT2D eigenvalue weighted by atomic mass is 9.98. The fraction of sp³-hybridized carbons (Fsp3) is 0.500. The van der Waals surface area contributed by atoms with E-state index < -0.39 is 6.10 Å². The topological polar surface area (TPSA) is 61.4 Å². The van der Waals surface area contributed by atoms with Crippen LogP contribution in [0.4, 0.5) is 0 Å². The Labute approximate surface area is 107 Å². The average molecular weight is 248 g/mol. The Morgan fingerprint density at radius 3 is 2.89 bits per heavy atom. The van der Waals surface area contributed by atoms with Crippen LogP contribution in [-0.2, 0) is 4.79 Å². The van der Waals surface area contributed by atoms with Gasteiger partial charge in [-0.15, -0.1) is 0 Å². The van der Waals surface area contributed by atoms with E-state index in [4.69, 9.17) is 0 Å². The van der Waals surface area contributed by atoms with Gasteiger partial charge >= 0.3 is 0 Å². The second-order valence-corrected chi connectivity index (χ2v) is 4.71. The SMILES string of the molecule is O=C(NCC(O)c1ccccc1)[C@@H]1CCCNC1. The zero-order chi connectivity index (χ0) is 12.8. The van der Waals surface area contributed by atoms with E-state index in [9.17, 15) is 9.90 Å². The number of rotatable bonds is 4. The highest BCUT2D eigenvalue weighted by atomic mass is 16.3. The quantitative estimate of drug-likeness (QED) is 0.740. The maximum atomic E-state index is 11.9. The minimum Gasteiger partial charge on any atom is -0.387 e. The molecule has 18 heavy (non-hydrogen) atoms. The molecule has 1 aliphatic heterocycles. The van der Waals surface area contributed by atoms with Gasteiger partial charge in [-0.25, -0.2) is 0 Å². The first-order valence-electron chi connectivity index (χ1n) is 6.49. The third-order valence-electron chi connectivity index (χ3n) is 3.32. The molecule has 98 valence electrons. The van der Waals surface area contributed by atoms with Crippen LogP contribution >= 0.6 is 0 Å². The van der Waals surface area contributed by atoms with E-state index >= 15 is 0 Å². The van der Waals surface area contributed by atoms with Crippen LogP contribution in [0.2, 0.25) is 0 Å². The van der Waals surface area contributed by atoms with Gasteiger partial charge in [-0.3, -0.25) is 4.79 Å².